The topological polar surface area (TPSA) is 129 Å². The predicted octanol–water partition coefficient (Wildman–Crippen LogP) is 3.07. The number of hydrogen-bond donors (Lipinski definition) is 2. The van der Waals surface area contributed by atoms with Gasteiger partial charge in [-0.2, -0.15) is 5.26 Å². The number of aliphatic carboxylic acids is 1. The van der Waals surface area contributed by atoms with Gasteiger partial charge >= 0.3 is 5.97 Å². The van der Waals surface area contributed by atoms with Crippen molar-refractivity contribution in [2.45, 2.75) is 32.2 Å². The Morgan fingerprint density at radius 1 is 1.50 bits per heavy atom. The minimum absolute atomic E-state index is 0.132. The number of nitro benzene ring substituents is 1. The molecule has 24 heavy (non-hydrogen) atoms. The number of nitrogens with one attached hydrogen (secondary N) is 1. The quantitative estimate of drug-likeness (QED) is 0.590. The first kappa shape index (κ1) is 17.1. The largest absolute Gasteiger partial charge is 0.480 e. The fourth-order valence-corrected chi connectivity index (χ4v) is 2.34. The van der Waals surface area contributed by atoms with Crippen LogP contribution in [0.3, 0.4) is 0 Å². The summed E-state index contributed by atoms with van der Waals surface area (Å²) < 4.78 is 0. The molecule has 8 heteroatoms. The first-order valence-electron chi connectivity index (χ1n) is 7.45. The molecule has 0 saturated carbocycles. The lowest BCUT2D eigenvalue weighted by Gasteiger charge is -2.15. The summed E-state index contributed by atoms with van der Waals surface area (Å²) in [6, 6.07) is 6.61. The first-order chi connectivity index (χ1) is 11.5. The second-order valence-electron chi connectivity index (χ2n) is 5.30. The fourth-order valence-electron chi connectivity index (χ4n) is 2.34. The van der Waals surface area contributed by atoms with Gasteiger partial charge in [-0.1, -0.05) is 19.8 Å². The summed E-state index contributed by atoms with van der Waals surface area (Å²) in [6.45, 7) is 1.97. The minimum atomic E-state index is -0.993. The molecule has 0 saturated heterocycles. The smallest absolute Gasteiger partial charge is 0.326 e. The third-order valence-corrected chi connectivity index (χ3v) is 3.59. The van der Waals surface area contributed by atoms with Crippen LogP contribution in [-0.4, -0.2) is 27.0 Å². The van der Waals surface area contributed by atoms with Crippen molar-refractivity contribution >= 4 is 28.4 Å². The molecule has 0 aliphatic heterocycles. The maximum atomic E-state index is 11.3. The molecule has 1 aromatic carbocycles. The third-order valence-electron chi connectivity index (χ3n) is 3.59. The second kappa shape index (κ2) is 7.37. The van der Waals surface area contributed by atoms with E-state index in [0.29, 0.717) is 17.3 Å². The number of unbranched alkanes of at least 4 members (excludes halogenated alkanes) is 1. The SMILES string of the molecule is CCCCC(Nc1cc(C#N)c2cc([N+](=O)[O-])ccc2n1)C(=O)O. The maximum absolute atomic E-state index is 11.3. The Labute approximate surface area is 137 Å². The van der Waals surface area contributed by atoms with E-state index in [0.717, 1.165) is 12.8 Å². The molecule has 2 N–H and O–H groups in total. The van der Waals surface area contributed by atoms with Gasteiger partial charge in [-0.15, -0.1) is 0 Å². The van der Waals surface area contributed by atoms with E-state index in [1.54, 1.807) is 0 Å². The predicted molar refractivity (Wildman–Crippen MR) is 87.7 cm³/mol. The highest BCUT2D eigenvalue weighted by Crippen LogP contribution is 2.25. The molecule has 2 rings (SSSR count). The van der Waals surface area contributed by atoms with Gasteiger partial charge in [0.1, 0.15) is 11.9 Å². The Balaban J connectivity index is 2.42. The number of rotatable bonds is 7. The van der Waals surface area contributed by atoms with E-state index < -0.39 is 16.9 Å². The van der Waals surface area contributed by atoms with Crippen molar-refractivity contribution in [2.24, 2.45) is 0 Å². The maximum Gasteiger partial charge on any atom is 0.326 e. The lowest BCUT2D eigenvalue weighted by atomic mass is 10.1. The number of anilines is 1. The van der Waals surface area contributed by atoms with Gasteiger partial charge < -0.3 is 10.4 Å². The molecule has 1 atom stereocenters. The Morgan fingerprint density at radius 3 is 2.83 bits per heavy atom. The van der Waals surface area contributed by atoms with Crippen LogP contribution in [0, 0.1) is 21.4 Å². The van der Waals surface area contributed by atoms with Gasteiger partial charge in [-0.3, -0.25) is 10.1 Å². The van der Waals surface area contributed by atoms with Gasteiger partial charge in [-0.25, -0.2) is 9.78 Å². The molecule has 1 unspecified atom stereocenters. The Morgan fingerprint density at radius 2 is 2.25 bits per heavy atom. The van der Waals surface area contributed by atoms with Crippen molar-refractivity contribution < 1.29 is 14.8 Å². The van der Waals surface area contributed by atoms with E-state index in [1.807, 2.05) is 13.0 Å². The molecule has 0 fully saturated rings. The number of aromatic nitrogens is 1. The zero-order valence-corrected chi connectivity index (χ0v) is 13.0. The first-order valence-corrected chi connectivity index (χ1v) is 7.45. The molecule has 0 amide bonds. The zero-order chi connectivity index (χ0) is 17.7. The Hall–Kier alpha value is -3.21. The number of benzene rings is 1. The van der Waals surface area contributed by atoms with Crippen LogP contribution in [0.5, 0.6) is 0 Å². The highest BCUT2D eigenvalue weighted by atomic mass is 16.6. The number of fused-ring (bicyclic) bond motifs is 1. The fraction of sp³-hybridized carbons (Fsp3) is 0.312. The highest BCUT2D eigenvalue weighted by Gasteiger charge is 2.18. The normalized spacial score (nSPS) is 11.7. The van der Waals surface area contributed by atoms with Gasteiger partial charge in [-0.05, 0) is 18.6 Å². The average molecular weight is 328 g/mol. The second-order valence-corrected chi connectivity index (χ2v) is 5.30. The average Bonchev–Trinajstić information content (AvgIpc) is 2.56. The summed E-state index contributed by atoms with van der Waals surface area (Å²) in [6.07, 6.45) is 2.05. The number of nitriles is 1. The molecular formula is C16H16N4O4. The van der Waals surface area contributed by atoms with Crippen molar-refractivity contribution in [3.05, 3.63) is 39.9 Å². The minimum Gasteiger partial charge on any atom is -0.480 e. The van der Waals surface area contributed by atoms with Gasteiger partial charge in [0, 0.05) is 17.5 Å². The number of non-ortho nitro benzene ring substituents is 1. The van der Waals surface area contributed by atoms with Gasteiger partial charge in [0.15, 0.2) is 0 Å². The standard InChI is InChI=1S/C16H16N4O4/c1-2-3-4-14(16(21)22)19-15-7-10(9-17)12-8-11(20(23)24)5-6-13(12)18-15/h5-8,14H,2-4H2,1H3,(H,18,19)(H,21,22). The van der Waals surface area contributed by atoms with Crippen LogP contribution in [0.15, 0.2) is 24.3 Å². The van der Waals surface area contributed by atoms with Crippen molar-refractivity contribution in [3.8, 4) is 6.07 Å². The number of carboxylic acid groups (broad SMARTS) is 1. The molecule has 0 radical (unpaired) electrons. The van der Waals surface area contributed by atoms with Crippen molar-refractivity contribution in [1.29, 1.82) is 5.26 Å². The number of carbonyl (C=O) groups is 1. The van der Waals surface area contributed by atoms with E-state index in [1.165, 1.54) is 24.3 Å². The van der Waals surface area contributed by atoms with Crippen LogP contribution in [0.1, 0.15) is 31.7 Å². The van der Waals surface area contributed by atoms with E-state index in [-0.39, 0.29) is 17.1 Å². The van der Waals surface area contributed by atoms with Gasteiger partial charge in [0.05, 0.1) is 22.1 Å². The number of pyridine rings is 1. The molecule has 8 nitrogen and oxygen atoms in total. The Kier molecular flexibility index (Phi) is 5.27. The van der Waals surface area contributed by atoms with Gasteiger partial charge in [0.25, 0.3) is 5.69 Å². The Bertz CT molecular complexity index is 829. The van der Waals surface area contributed by atoms with Crippen molar-refractivity contribution in [1.82, 2.24) is 4.98 Å². The van der Waals surface area contributed by atoms with Crippen LogP contribution in [0.2, 0.25) is 0 Å². The van der Waals surface area contributed by atoms with E-state index in [2.05, 4.69) is 10.3 Å². The summed E-state index contributed by atoms with van der Waals surface area (Å²) in [5.41, 5.74) is 0.459. The lowest BCUT2D eigenvalue weighted by molar-refractivity contribution is -0.384. The number of hydrogen-bond acceptors (Lipinski definition) is 6. The van der Waals surface area contributed by atoms with E-state index in [4.69, 9.17) is 0 Å². The third kappa shape index (κ3) is 3.76. The monoisotopic (exact) mass is 328 g/mol. The van der Waals surface area contributed by atoms with Crippen LogP contribution in [0.25, 0.3) is 10.9 Å². The van der Waals surface area contributed by atoms with E-state index in [9.17, 15) is 25.3 Å². The van der Waals surface area contributed by atoms with Crippen LogP contribution < -0.4 is 5.32 Å². The zero-order valence-electron chi connectivity index (χ0n) is 13.0. The van der Waals surface area contributed by atoms with Crippen molar-refractivity contribution in [3.63, 3.8) is 0 Å². The molecule has 2 aromatic rings. The number of nitro groups is 1. The number of carboxylic acids is 1. The van der Waals surface area contributed by atoms with Crippen molar-refractivity contribution in [2.75, 3.05) is 5.32 Å². The molecular weight excluding hydrogens is 312 g/mol. The summed E-state index contributed by atoms with van der Waals surface area (Å²) >= 11 is 0. The highest BCUT2D eigenvalue weighted by molar-refractivity contribution is 5.88. The summed E-state index contributed by atoms with van der Waals surface area (Å²) in [5.74, 6) is -0.732. The molecule has 0 aliphatic rings. The van der Waals surface area contributed by atoms with Crippen LogP contribution >= 0.6 is 0 Å². The van der Waals surface area contributed by atoms with Gasteiger partial charge in [0.2, 0.25) is 0 Å². The van der Waals surface area contributed by atoms with Crippen LogP contribution in [0.4, 0.5) is 11.5 Å². The van der Waals surface area contributed by atoms with Crippen LogP contribution in [-0.2, 0) is 4.79 Å². The summed E-state index contributed by atoms with van der Waals surface area (Å²) in [7, 11) is 0. The summed E-state index contributed by atoms with van der Waals surface area (Å²) in [5, 5.41) is 32.6. The number of nitrogens with zero attached hydrogens (tertiary/aromatic N) is 3. The lowest BCUT2D eigenvalue weighted by Crippen LogP contribution is -2.29. The summed E-state index contributed by atoms with van der Waals surface area (Å²) in [4.78, 5) is 25.9. The molecule has 1 aromatic heterocycles. The molecule has 0 aliphatic carbocycles. The molecule has 1 heterocycles. The molecule has 0 spiro atoms. The molecule has 0 bridgehead atoms. The molecule has 124 valence electrons. The van der Waals surface area contributed by atoms with E-state index >= 15 is 0 Å².